The topological polar surface area (TPSA) is 39.9 Å². The summed E-state index contributed by atoms with van der Waals surface area (Å²) in [7, 11) is 2.20. The monoisotopic (exact) mass is 466 g/mol. The number of halogens is 1. The van der Waals surface area contributed by atoms with Crippen molar-refractivity contribution in [1.82, 2.24) is 24.2 Å². The summed E-state index contributed by atoms with van der Waals surface area (Å²) < 4.78 is 2.15. The van der Waals surface area contributed by atoms with Crippen molar-refractivity contribution >= 4 is 23.1 Å². The third kappa shape index (κ3) is 4.61. The standard InChI is InChI=1S/C26H35ClN6/c1-3-14-32(22-10-4-8-20-9-6-13-28-25(20)22)19-21-26(27)33-23(29-21)11-5-12-24(33)31-16-7-15-30(2)17-18-31/h5-6,9,11-13,22H,3-4,7-8,10,14-19H2,1-2H3. The summed E-state index contributed by atoms with van der Waals surface area (Å²) in [6, 6.07) is 11.0. The quantitative estimate of drug-likeness (QED) is 0.521. The van der Waals surface area contributed by atoms with Gasteiger partial charge in [0.05, 0.1) is 17.4 Å². The average molecular weight is 467 g/mol. The summed E-state index contributed by atoms with van der Waals surface area (Å²) in [5.74, 6) is 1.15. The van der Waals surface area contributed by atoms with E-state index in [2.05, 4.69) is 63.4 Å². The first kappa shape index (κ1) is 22.6. The molecule has 1 fully saturated rings. The maximum Gasteiger partial charge on any atom is 0.139 e. The van der Waals surface area contributed by atoms with Crippen molar-refractivity contribution in [2.75, 3.05) is 44.7 Å². The minimum atomic E-state index is 0.330. The molecule has 0 aromatic carbocycles. The Morgan fingerprint density at radius 2 is 2.00 bits per heavy atom. The number of aromatic nitrogens is 3. The molecule has 0 saturated carbocycles. The first-order chi connectivity index (χ1) is 16.2. The molecule has 1 atom stereocenters. The lowest BCUT2D eigenvalue weighted by molar-refractivity contribution is 0.164. The Labute approximate surface area is 202 Å². The van der Waals surface area contributed by atoms with Crippen LogP contribution in [0.3, 0.4) is 0 Å². The number of imidazole rings is 1. The molecule has 0 spiro atoms. The molecule has 0 bridgehead atoms. The minimum Gasteiger partial charge on any atom is -0.356 e. The summed E-state index contributed by atoms with van der Waals surface area (Å²) in [6.45, 7) is 8.25. The highest BCUT2D eigenvalue weighted by Gasteiger charge is 2.28. The van der Waals surface area contributed by atoms with Crippen molar-refractivity contribution in [2.24, 2.45) is 0 Å². The number of hydrogen-bond donors (Lipinski definition) is 0. The molecular weight excluding hydrogens is 432 g/mol. The van der Waals surface area contributed by atoms with Gasteiger partial charge in [0.15, 0.2) is 0 Å². The van der Waals surface area contributed by atoms with Crippen LogP contribution in [-0.2, 0) is 13.0 Å². The van der Waals surface area contributed by atoms with E-state index in [-0.39, 0.29) is 0 Å². The molecule has 0 radical (unpaired) electrons. The molecule has 6 nitrogen and oxygen atoms in total. The summed E-state index contributed by atoms with van der Waals surface area (Å²) in [4.78, 5) is 17.2. The zero-order chi connectivity index (χ0) is 22.8. The third-order valence-electron chi connectivity index (χ3n) is 7.15. The van der Waals surface area contributed by atoms with Gasteiger partial charge in [-0.3, -0.25) is 14.3 Å². The summed E-state index contributed by atoms with van der Waals surface area (Å²) in [6.07, 6.45) is 7.66. The molecule has 2 aliphatic rings. The van der Waals surface area contributed by atoms with Gasteiger partial charge in [0.25, 0.3) is 0 Å². The molecule has 3 aromatic rings. The Kier molecular flexibility index (Phi) is 6.86. The van der Waals surface area contributed by atoms with Crippen LogP contribution >= 0.6 is 11.6 Å². The predicted molar refractivity (Wildman–Crippen MR) is 135 cm³/mol. The van der Waals surface area contributed by atoms with E-state index in [0.717, 1.165) is 87.3 Å². The molecule has 33 heavy (non-hydrogen) atoms. The number of likely N-dealkylation sites (N-methyl/N-ethyl adjacent to an activating group) is 1. The van der Waals surface area contributed by atoms with Crippen molar-refractivity contribution in [3.05, 3.63) is 58.6 Å². The Bertz CT molecular complexity index is 1100. The molecule has 1 aliphatic carbocycles. The second-order valence-electron chi connectivity index (χ2n) is 9.50. The van der Waals surface area contributed by atoms with Crippen LogP contribution in [0.15, 0.2) is 36.5 Å². The number of anilines is 1. The van der Waals surface area contributed by atoms with Crippen LogP contribution < -0.4 is 4.90 Å². The molecule has 1 unspecified atom stereocenters. The molecule has 4 heterocycles. The van der Waals surface area contributed by atoms with Crippen molar-refractivity contribution in [3.8, 4) is 0 Å². The van der Waals surface area contributed by atoms with E-state index < -0.39 is 0 Å². The largest absolute Gasteiger partial charge is 0.356 e. The fourth-order valence-electron chi connectivity index (χ4n) is 5.48. The highest BCUT2D eigenvalue weighted by Crippen LogP contribution is 2.35. The molecule has 0 amide bonds. The van der Waals surface area contributed by atoms with Crippen LogP contribution in [-0.4, -0.2) is 63.9 Å². The molecule has 1 aliphatic heterocycles. The molecule has 176 valence electrons. The lowest BCUT2D eigenvalue weighted by Crippen LogP contribution is -2.32. The second-order valence-corrected chi connectivity index (χ2v) is 9.86. The number of hydrogen-bond acceptors (Lipinski definition) is 5. The van der Waals surface area contributed by atoms with E-state index >= 15 is 0 Å². The zero-order valence-corrected chi connectivity index (χ0v) is 20.6. The van der Waals surface area contributed by atoms with Crippen molar-refractivity contribution in [2.45, 2.75) is 51.6 Å². The Balaban J connectivity index is 1.47. The van der Waals surface area contributed by atoms with Gasteiger partial charge in [-0.05, 0) is 76.0 Å². The van der Waals surface area contributed by atoms with Crippen LogP contribution in [0.1, 0.15) is 55.6 Å². The molecule has 0 N–H and O–H groups in total. The lowest BCUT2D eigenvalue weighted by Gasteiger charge is -2.34. The summed E-state index contributed by atoms with van der Waals surface area (Å²) in [5.41, 5.74) is 4.53. The molecule has 7 heteroatoms. The summed E-state index contributed by atoms with van der Waals surface area (Å²) >= 11 is 7.06. The van der Waals surface area contributed by atoms with Gasteiger partial charge in [0, 0.05) is 32.4 Å². The number of fused-ring (bicyclic) bond motifs is 2. The number of nitrogens with zero attached hydrogens (tertiary/aromatic N) is 6. The van der Waals surface area contributed by atoms with Crippen molar-refractivity contribution in [1.29, 1.82) is 0 Å². The molecule has 1 saturated heterocycles. The van der Waals surface area contributed by atoms with Gasteiger partial charge in [-0.2, -0.15) is 0 Å². The first-order valence-corrected chi connectivity index (χ1v) is 12.8. The minimum absolute atomic E-state index is 0.330. The van der Waals surface area contributed by atoms with Crippen LogP contribution in [0.25, 0.3) is 5.65 Å². The third-order valence-corrected chi connectivity index (χ3v) is 7.53. The SMILES string of the molecule is CCCN(Cc1nc2cccc(N3CCCN(C)CC3)n2c1Cl)C1CCCc2cccnc21. The maximum absolute atomic E-state index is 7.06. The van der Waals surface area contributed by atoms with Gasteiger partial charge in [-0.15, -0.1) is 0 Å². The predicted octanol–water partition coefficient (Wildman–Crippen LogP) is 4.81. The highest BCUT2D eigenvalue weighted by molar-refractivity contribution is 6.30. The van der Waals surface area contributed by atoms with E-state index in [1.807, 2.05) is 6.20 Å². The molecular formula is C26H35ClN6. The molecule has 3 aromatic heterocycles. The van der Waals surface area contributed by atoms with E-state index in [1.54, 1.807) is 0 Å². The van der Waals surface area contributed by atoms with Gasteiger partial charge in [0.1, 0.15) is 16.6 Å². The van der Waals surface area contributed by atoms with Crippen molar-refractivity contribution < 1.29 is 0 Å². The number of pyridine rings is 2. The Morgan fingerprint density at radius 3 is 2.88 bits per heavy atom. The van der Waals surface area contributed by atoms with E-state index in [9.17, 15) is 0 Å². The first-order valence-electron chi connectivity index (χ1n) is 12.4. The number of aryl methyl sites for hydroxylation is 1. The van der Waals surface area contributed by atoms with Crippen molar-refractivity contribution in [3.63, 3.8) is 0 Å². The van der Waals surface area contributed by atoms with Gasteiger partial charge in [-0.25, -0.2) is 4.98 Å². The van der Waals surface area contributed by atoms with Gasteiger partial charge >= 0.3 is 0 Å². The van der Waals surface area contributed by atoms with Gasteiger partial charge in [-0.1, -0.05) is 30.7 Å². The highest BCUT2D eigenvalue weighted by atomic mass is 35.5. The Hall–Kier alpha value is -2.15. The second kappa shape index (κ2) is 10.00. The van der Waals surface area contributed by atoms with E-state index in [1.165, 1.54) is 17.7 Å². The van der Waals surface area contributed by atoms with Gasteiger partial charge < -0.3 is 9.80 Å². The van der Waals surface area contributed by atoms with Crippen LogP contribution in [0.5, 0.6) is 0 Å². The van der Waals surface area contributed by atoms with Crippen LogP contribution in [0.2, 0.25) is 5.15 Å². The summed E-state index contributed by atoms with van der Waals surface area (Å²) in [5, 5.41) is 0.747. The normalized spacial score (nSPS) is 19.8. The zero-order valence-electron chi connectivity index (χ0n) is 19.9. The smallest absolute Gasteiger partial charge is 0.139 e. The number of rotatable bonds is 6. The van der Waals surface area contributed by atoms with E-state index in [0.29, 0.717) is 6.04 Å². The fourth-order valence-corrected chi connectivity index (χ4v) is 5.75. The van der Waals surface area contributed by atoms with E-state index in [4.69, 9.17) is 21.6 Å². The van der Waals surface area contributed by atoms with Crippen LogP contribution in [0, 0.1) is 0 Å². The van der Waals surface area contributed by atoms with Crippen LogP contribution in [0.4, 0.5) is 5.82 Å². The fraction of sp³-hybridized carbons (Fsp3) is 0.538. The van der Waals surface area contributed by atoms with Gasteiger partial charge in [0.2, 0.25) is 0 Å². The molecule has 5 rings (SSSR count). The Morgan fingerprint density at radius 1 is 1.09 bits per heavy atom. The average Bonchev–Trinajstić information content (AvgIpc) is 3.00. The lowest BCUT2D eigenvalue weighted by atomic mass is 9.90. The maximum atomic E-state index is 7.06.